The third-order valence-electron chi connectivity index (χ3n) is 4.53. The van der Waals surface area contributed by atoms with Crippen LogP contribution in [0.4, 0.5) is 0 Å². The van der Waals surface area contributed by atoms with Crippen LogP contribution in [0.25, 0.3) is 11.1 Å². The van der Waals surface area contributed by atoms with E-state index in [1.165, 1.54) is 27.8 Å². The summed E-state index contributed by atoms with van der Waals surface area (Å²) in [4.78, 5) is 0. The van der Waals surface area contributed by atoms with Crippen molar-refractivity contribution in [3.63, 3.8) is 0 Å². The molecular formula is C26H20. The number of hydrogen-bond acceptors (Lipinski definition) is 0. The summed E-state index contributed by atoms with van der Waals surface area (Å²) in [7, 11) is 0. The first-order valence-corrected chi connectivity index (χ1v) is 8.95. The predicted octanol–water partition coefficient (Wildman–Crippen LogP) is 6.69. The summed E-state index contributed by atoms with van der Waals surface area (Å²) < 4.78 is 0. The van der Waals surface area contributed by atoms with Crippen LogP contribution in [0.2, 0.25) is 0 Å². The molecule has 0 aliphatic heterocycles. The Hall–Kier alpha value is -3.34. The Bertz CT molecular complexity index is 956. The maximum atomic E-state index is 3.75. The molecule has 0 unspecified atom stereocenters. The van der Waals surface area contributed by atoms with Gasteiger partial charge in [0.2, 0.25) is 0 Å². The van der Waals surface area contributed by atoms with E-state index in [1.807, 2.05) is 0 Å². The Kier molecular flexibility index (Phi) is 4.78. The lowest BCUT2D eigenvalue weighted by Crippen LogP contribution is -1.93. The molecule has 0 nitrogen and oxygen atoms in total. The van der Waals surface area contributed by atoms with E-state index in [4.69, 9.17) is 0 Å². The second-order valence-corrected chi connectivity index (χ2v) is 6.29. The van der Waals surface area contributed by atoms with Crippen molar-refractivity contribution in [2.24, 2.45) is 0 Å². The molecule has 0 heterocycles. The Morgan fingerprint density at radius 3 is 1.77 bits per heavy atom. The van der Waals surface area contributed by atoms with Crippen molar-refractivity contribution < 1.29 is 0 Å². The maximum absolute atomic E-state index is 3.75. The van der Waals surface area contributed by atoms with Crippen molar-refractivity contribution in [3.05, 3.63) is 137 Å². The van der Waals surface area contributed by atoms with E-state index in [-0.39, 0.29) is 0 Å². The molecule has 0 bridgehead atoms. The molecule has 0 saturated carbocycles. The minimum Gasteiger partial charge on any atom is -0.107 e. The highest BCUT2D eigenvalue weighted by Crippen LogP contribution is 2.31. The molecule has 0 fully saturated rings. The van der Waals surface area contributed by atoms with E-state index < -0.39 is 0 Å². The van der Waals surface area contributed by atoms with Gasteiger partial charge in [-0.15, -0.1) is 5.73 Å². The predicted molar refractivity (Wildman–Crippen MR) is 111 cm³/mol. The molecule has 26 heavy (non-hydrogen) atoms. The van der Waals surface area contributed by atoms with Crippen LogP contribution in [0.15, 0.2) is 121 Å². The van der Waals surface area contributed by atoms with Gasteiger partial charge in [0, 0.05) is 11.1 Å². The van der Waals surface area contributed by atoms with Crippen LogP contribution in [0.5, 0.6) is 0 Å². The second kappa shape index (κ2) is 7.70. The zero-order chi connectivity index (χ0) is 17.6. The summed E-state index contributed by atoms with van der Waals surface area (Å²) in [6, 6.07) is 31.6. The van der Waals surface area contributed by atoms with Gasteiger partial charge >= 0.3 is 0 Å². The van der Waals surface area contributed by atoms with E-state index >= 15 is 0 Å². The van der Waals surface area contributed by atoms with Crippen LogP contribution in [0.1, 0.15) is 23.1 Å². The van der Waals surface area contributed by atoms with Gasteiger partial charge in [0.05, 0.1) is 0 Å². The van der Waals surface area contributed by atoms with Gasteiger partial charge in [-0.25, -0.2) is 0 Å². The minimum absolute atomic E-state index is 0.893. The summed E-state index contributed by atoms with van der Waals surface area (Å²) >= 11 is 0. The number of rotatable bonds is 3. The van der Waals surface area contributed by atoms with Crippen molar-refractivity contribution in [1.82, 2.24) is 0 Å². The number of allylic oxidation sites excluding steroid dienone is 5. The van der Waals surface area contributed by atoms with Gasteiger partial charge in [-0.05, 0) is 28.7 Å². The van der Waals surface area contributed by atoms with Gasteiger partial charge in [0.15, 0.2) is 0 Å². The Balaban J connectivity index is 1.93. The van der Waals surface area contributed by atoms with Crippen LogP contribution in [0, 0.1) is 0 Å². The third-order valence-corrected chi connectivity index (χ3v) is 4.53. The van der Waals surface area contributed by atoms with E-state index in [0.29, 0.717) is 0 Å². The van der Waals surface area contributed by atoms with Crippen LogP contribution >= 0.6 is 0 Å². The van der Waals surface area contributed by atoms with Gasteiger partial charge in [0.25, 0.3) is 0 Å². The highest BCUT2D eigenvalue weighted by Gasteiger charge is 2.11. The minimum atomic E-state index is 0.893. The van der Waals surface area contributed by atoms with E-state index in [2.05, 4.69) is 115 Å². The lowest BCUT2D eigenvalue weighted by Gasteiger charge is -2.13. The molecule has 0 amide bonds. The fourth-order valence-corrected chi connectivity index (χ4v) is 3.24. The third kappa shape index (κ3) is 3.52. The van der Waals surface area contributed by atoms with Crippen molar-refractivity contribution in [2.75, 3.05) is 0 Å². The maximum Gasteiger partial charge on any atom is 0.0312 e. The fraction of sp³-hybridized carbons (Fsp3) is 0.0385. The van der Waals surface area contributed by atoms with Gasteiger partial charge in [0.1, 0.15) is 0 Å². The molecule has 0 spiro atoms. The summed E-state index contributed by atoms with van der Waals surface area (Å²) in [5, 5.41) is 0. The van der Waals surface area contributed by atoms with Crippen molar-refractivity contribution in [3.8, 4) is 0 Å². The standard InChI is InChI=1S/C26H20/c1-4-12-21(13-5-1)25-19-11-10-18-24(25)20-26(22-14-6-2-7-15-22)23-16-8-3-9-17-23/h1-17,19H,18H2. The summed E-state index contributed by atoms with van der Waals surface area (Å²) in [6.45, 7) is 0. The topological polar surface area (TPSA) is 0 Å². The van der Waals surface area contributed by atoms with Gasteiger partial charge in [-0.3, -0.25) is 0 Å². The van der Waals surface area contributed by atoms with Crippen LogP contribution in [0.3, 0.4) is 0 Å². The Morgan fingerprint density at radius 2 is 1.19 bits per heavy atom. The van der Waals surface area contributed by atoms with Crippen LogP contribution in [-0.4, -0.2) is 0 Å². The molecule has 0 atom stereocenters. The molecule has 0 N–H and O–H groups in total. The lowest BCUT2D eigenvalue weighted by atomic mass is 9.90. The Labute approximate surface area is 155 Å². The van der Waals surface area contributed by atoms with Gasteiger partial charge < -0.3 is 0 Å². The van der Waals surface area contributed by atoms with E-state index in [0.717, 1.165) is 12.0 Å². The van der Waals surface area contributed by atoms with E-state index in [1.54, 1.807) is 0 Å². The number of benzene rings is 3. The average molecular weight is 332 g/mol. The van der Waals surface area contributed by atoms with E-state index in [9.17, 15) is 0 Å². The molecule has 1 aliphatic rings. The molecule has 1 aliphatic carbocycles. The monoisotopic (exact) mass is 332 g/mol. The largest absolute Gasteiger partial charge is 0.107 e. The lowest BCUT2D eigenvalue weighted by molar-refractivity contribution is 1.28. The first-order chi connectivity index (χ1) is 12.9. The first kappa shape index (κ1) is 16.1. The molecule has 0 heteroatoms. The van der Waals surface area contributed by atoms with Crippen LogP contribution < -0.4 is 0 Å². The van der Waals surface area contributed by atoms with Crippen molar-refractivity contribution in [2.45, 2.75) is 6.42 Å². The quantitative estimate of drug-likeness (QED) is 0.469. The summed E-state index contributed by atoms with van der Waals surface area (Å²) in [5.74, 6) is 0. The average Bonchev–Trinajstić information content (AvgIpc) is 2.74. The fourth-order valence-electron chi connectivity index (χ4n) is 3.24. The second-order valence-electron chi connectivity index (χ2n) is 6.29. The molecule has 0 aromatic heterocycles. The highest BCUT2D eigenvalue weighted by atomic mass is 14.1. The van der Waals surface area contributed by atoms with Gasteiger partial charge in [-0.2, -0.15) is 0 Å². The summed E-state index contributed by atoms with van der Waals surface area (Å²) in [5.41, 5.74) is 11.0. The highest BCUT2D eigenvalue weighted by molar-refractivity contribution is 5.86. The van der Waals surface area contributed by atoms with Crippen LogP contribution in [-0.2, 0) is 0 Å². The smallest absolute Gasteiger partial charge is 0.0312 e. The molecule has 3 aromatic carbocycles. The molecular weight excluding hydrogens is 312 g/mol. The van der Waals surface area contributed by atoms with Crippen molar-refractivity contribution in [1.29, 1.82) is 0 Å². The number of hydrogen-bond donors (Lipinski definition) is 0. The first-order valence-electron chi connectivity index (χ1n) is 8.95. The Morgan fingerprint density at radius 1 is 0.654 bits per heavy atom. The molecule has 0 radical (unpaired) electrons. The van der Waals surface area contributed by atoms with Crippen molar-refractivity contribution >= 4 is 11.1 Å². The molecule has 4 rings (SSSR count). The molecule has 124 valence electrons. The van der Waals surface area contributed by atoms with Gasteiger partial charge in [-0.1, -0.05) is 109 Å². The zero-order valence-corrected chi connectivity index (χ0v) is 14.6. The molecule has 0 saturated heterocycles. The zero-order valence-electron chi connectivity index (χ0n) is 14.6. The molecule has 3 aromatic rings. The SMILES string of the molecule is C(=C1CC=CC=C1c1ccccc1)=C(c1ccccc1)c1ccccc1. The normalized spacial score (nSPS) is 13.1. The summed E-state index contributed by atoms with van der Waals surface area (Å²) in [6.07, 6.45) is 7.42.